The highest BCUT2D eigenvalue weighted by atomic mass is 14.8. The van der Waals surface area contributed by atoms with Gasteiger partial charge in [-0.2, -0.15) is 0 Å². The van der Waals surface area contributed by atoms with Gasteiger partial charge in [-0.15, -0.1) is 6.58 Å². The van der Waals surface area contributed by atoms with Gasteiger partial charge in [0.2, 0.25) is 0 Å². The lowest BCUT2D eigenvalue weighted by Gasteiger charge is -2.56. The third-order valence-corrected chi connectivity index (χ3v) is 10.1. The average Bonchev–Trinajstić information content (AvgIpc) is 3.59. The van der Waals surface area contributed by atoms with Crippen molar-refractivity contribution in [2.75, 3.05) is 0 Å². The summed E-state index contributed by atoms with van der Waals surface area (Å²) >= 11 is 0. The first kappa shape index (κ1) is 18.3. The predicted molar refractivity (Wildman–Crippen MR) is 115 cm³/mol. The van der Waals surface area contributed by atoms with Crippen molar-refractivity contribution in [2.24, 2.45) is 58.7 Å². The normalized spacial score (nSPS) is 53.1. The Morgan fingerprint density at radius 3 is 2.59 bits per heavy atom. The predicted octanol–water partition coefficient (Wildman–Crippen LogP) is 7.44. The number of rotatable bonds is 7. The van der Waals surface area contributed by atoms with Crippen LogP contribution in [0.1, 0.15) is 71.6 Å². The standard InChI is InChI=1S/C27H40/c1-5-9-12-24-21-16-23(21)26-25-19(13-14-27(24,26)8-4)17(10-6-2)18(11-7-3)20-15-22(20)25/h5,7,11,17,19-26H,1,3,6,8-10,12-16H2,2,4H3/b18-11+. The van der Waals surface area contributed by atoms with Gasteiger partial charge in [0.1, 0.15) is 0 Å². The van der Waals surface area contributed by atoms with Gasteiger partial charge in [-0.3, -0.25) is 0 Å². The van der Waals surface area contributed by atoms with E-state index in [-0.39, 0.29) is 0 Å². The zero-order valence-electron chi connectivity index (χ0n) is 17.7. The number of hydrogen-bond donors (Lipinski definition) is 0. The molecule has 10 unspecified atom stereocenters. The molecule has 0 aromatic heterocycles. The van der Waals surface area contributed by atoms with E-state index in [4.69, 9.17) is 0 Å². The van der Waals surface area contributed by atoms with Crippen LogP contribution in [0.4, 0.5) is 0 Å². The molecule has 27 heavy (non-hydrogen) atoms. The first-order valence-electron chi connectivity index (χ1n) is 12.1. The molecular formula is C27H40. The molecule has 0 aromatic carbocycles. The molecule has 5 saturated carbocycles. The number of fused-ring (bicyclic) bond motifs is 7. The smallest absolute Gasteiger partial charge is 0.0163 e. The lowest BCUT2D eigenvalue weighted by molar-refractivity contribution is -0.0613. The third kappa shape index (κ3) is 2.47. The molecule has 0 radical (unpaired) electrons. The summed E-state index contributed by atoms with van der Waals surface area (Å²) in [5.74, 6) is 9.16. The molecule has 0 heteroatoms. The summed E-state index contributed by atoms with van der Waals surface area (Å²) in [6.45, 7) is 13.0. The van der Waals surface area contributed by atoms with Crippen LogP contribution in [-0.4, -0.2) is 0 Å². The number of allylic oxidation sites excluding steroid dienone is 4. The van der Waals surface area contributed by atoms with Gasteiger partial charge in [0.15, 0.2) is 0 Å². The van der Waals surface area contributed by atoms with Crippen molar-refractivity contribution < 1.29 is 0 Å². The highest BCUT2D eigenvalue weighted by molar-refractivity contribution is 5.31. The van der Waals surface area contributed by atoms with Crippen LogP contribution in [0.15, 0.2) is 37.0 Å². The van der Waals surface area contributed by atoms with E-state index in [2.05, 4.69) is 45.2 Å². The Hall–Kier alpha value is -0.780. The van der Waals surface area contributed by atoms with Crippen molar-refractivity contribution >= 4 is 0 Å². The second-order valence-corrected chi connectivity index (χ2v) is 10.7. The highest BCUT2D eigenvalue weighted by Gasteiger charge is 2.72. The van der Waals surface area contributed by atoms with Crippen LogP contribution in [0.5, 0.6) is 0 Å². The van der Waals surface area contributed by atoms with Crippen molar-refractivity contribution in [1.82, 2.24) is 0 Å². The molecule has 0 aromatic rings. The van der Waals surface area contributed by atoms with Gasteiger partial charge in [-0.1, -0.05) is 50.6 Å². The molecule has 5 fully saturated rings. The van der Waals surface area contributed by atoms with Crippen LogP contribution in [-0.2, 0) is 0 Å². The Balaban J connectivity index is 1.49. The van der Waals surface area contributed by atoms with Gasteiger partial charge < -0.3 is 0 Å². The molecule has 0 bridgehead atoms. The van der Waals surface area contributed by atoms with Gasteiger partial charge in [0.25, 0.3) is 0 Å². The molecule has 0 spiro atoms. The maximum Gasteiger partial charge on any atom is -0.0163 e. The van der Waals surface area contributed by atoms with Crippen molar-refractivity contribution in [3.8, 4) is 0 Å². The summed E-state index contributed by atoms with van der Waals surface area (Å²) in [4.78, 5) is 0. The van der Waals surface area contributed by atoms with Crippen molar-refractivity contribution in [3.05, 3.63) is 37.0 Å². The van der Waals surface area contributed by atoms with Gasteiger partial charge >= 0.3 is 0 Å². The summed E-state index contributed by atoms with van der Waals surface area (Å²) in [5, 5.41) is 0. The second kappa shape index (κ2) is 6.64. The zero-order chi connectivity index (χ0) is 18.8. The van der Waals surface area contributed by atoms with E-state index < -0.39 is 0 Å². The fraction of sp³-hybridized carbons (Fsp3) is 0.778. The fourth-order valence-corrected chi connectivity index (χ4v) is 9.27. The Labute approximate surface area is 167 Å². The second-order valence-electron chi connectivity index (χ2n) is 10.7. The quantitative estimate of drug-likeness (QED) is 0.412. The molecule has 5 aliphatic carbocycles. The lowest BCUT2D eigenvalue weighted by Crippen LogP contribution is -2.49. The van der Waals surface area contributed by atoms with Crippen molar-refractivity contribution in [2.45, 2.75) is 71.6 Å². The van der Waals surface area contributed by atoms with Crippen LogP contribution >= 0.6 is 0 Å². The summed E-state index contributed by atoms with van der Waals surface area (Å²) in [5.41, 5.74) is 2.51. The minimum atomic E-state index is 0.696. The van der Waals surface area contributed by atoms with Gasteiger partial charge in [-0.05, 0) is 110 Å². The molecule has 0 heterocycles. The molecule has 10 atom stereocenters. The minimum absolute atomic E-state index is 0.696. The van der Waals surface area contributed by atoms with Crippen molar-refractivity contribution in [3.63, 3.8) is 0 Å². The molecule has 0 N–H and O–H groups in total. The Bertz CT molecular complexity index is 640. The Morgan fingerprint density at radius 1 is 1.04 bits per heavy atom. The minimum Gasteiger partial charge on any atom is -0.103 e. The van der Waals surface area contributed by atoms with Crippen LogP contribution in [0.2, 0.25) is 0 Å². The van der Waals surface area contributed by atoms with E-state index >= 15 is 0 Å². The van der Waals surface area contributed by atoms with Crippen LogP contribution in [0.3, 0.4) is 0 Å². The average molecular weight is 365 g/mol. The van der Waals surface area contributed by atoms with E-state index in [9.17, 15) is 0 Å². The van der Waals surface area contributed by atoms with Crippen LogP contribution < -0.4 is 0 Å². The van der Waals surface area contributed by atoms with Gasteiger partial charge in [-0.25, -0.2) is 0 Å². The van der Waals surface area contributed by atoms with Crippen molar-refractivity contribution in [1.29, 1.82) is 0 Å². The van der Waals surface area contributed by atoms with E-state index in [0.717, 1.165) is 53.3 Å². The SMILES string of the molecule is C=C/C=C1\C(CCC)C2CCC3(CC)C(CCC=C)C4CC4C3C2C2CC12. The fourth-order valence-electron chi connectivity index (χ4n) is 9.27. The van der Waals surface area contributed by atoms with Crippen LogP contribution in [0, 0.1) is 58.7 Å². The first-order chi connectivity index (χ1) is 13.2. The monoisotopic (exact) mass is 364 g/mol. The summed E-state index contributed by atoms with van der Waals surface area (Å²) in [7, 11) is 0. The molecule has 148 valence electrons. The van der Waals surface area contributed by atoms with E-state index in [1.165, 1.54) is 51.4 Å². The van der Waals surface area contributed by atoms with E-state index in [0.29, 0.717) is 5.41 Å². The molecule has 0 aliphatic heterocycles. The topological polar surface area (TPSA) is 0 Å². The molecule has 0 amide bonds. The van der Waals surface area contributed by atoms with Gasteiger partial charge in [0, 0.05) is 0 Å². The maximum absolute atomic E-state index is 4.06. The molecule has 5 rings (SSSR count). The first-order valence-corrected chi connectivity index (χ1v) is 12.1. The van der Waals surface area contributed by atoms with Crippen LogP contribution in [0.25, 0.3) is 0 Å². The van der Waals surface area contributed by atoms with Gasteiger partial charge in [0.05, 0.1) is 0 Å². The summed E-state index contributed by atoms with van der Waals surface area (Å²) in [6.07, 6.45) is 19.7. The van der Waals surface area contributed by atoms with E-state index in [1.807, 2.05) is 5.57 Å². The third-order valence-electron chi connectivity index (χ3n) is 10.1. The summed E-state index contributed by atoms with van der Waals surface area (Å²) < 4.78 is 0. The molecule has 0 saturated heterocycles. The molecular weight excluding hydrogens is 324 g/mol. The lowest BCUT2D eigenvalue weighted by atomic mass is 9.48. The highest BCUT2D eigenvalue weighted by Crippen LogP contribution is 2.79. The molecule has 0 nitrogen and oxygen atoms in total. The Morgan fingerprint density at radius 2 is 1.89 bits per heavy atom. The number of hydrogen-bond acceptors (Lipinski definition) is 0. The Kier molecular flexibility index (Phi) is 4.49. The zero-order valence-corrected chi connectivity index (χ0v) is 17.7. The largest absolute Gasteiger partial charge is 0.103 e. The maximum atomic E-state index is 4.06. The van der Waals surface area contributed by atoms with E-state index in [1.54, 1.807) is 6.42 Å². The molecule has 5 aliphatic rings. The summed E-state index contributed by atoms with van der Waals surface area (Å²) in [6, 6.07) is 0.